The Bertz CT molecular complexity index is 2060. The number of benzene rings is 3. The molecule has 2 aromatic heterocycles. The van der Waals surface area contributed by atoms with Gasteiger partial charge >= 0.3 is 5.84 Å². The van der Waals surface area contributed by atoms with E-state index in [0.717, 1.165) is 50.2 Å². The predicted molar refractivity (Wildman–Crippen MR) is 193 cm³/mol. The van der Waals surface area contributed by atoms with Crippen LogP contribution in [0, 0.1) is 0 Å². The molecule has 1 aliphatic carbocycles. The lowest BCUT2D eigenvalue weighted by Crippen LogP contribution is -2.20. The minimum absolute atomic E-state index is 0.190. The van der Waals surface area contributed by atoms with E-state index in [1.807, 2.05) is 41.7 Å². The van der Waals surface area contributed by atoms with Crippen LogP contribution in [0.4, 0.5) is 0 Å². The van der Waals surface area contributed by atoms with Crippen molar-refractivity contribution in [3.8, 4) is 0 Å². The molecule has 0 radical (unpaired) electrons. The number of nitrogens with zero attached hydrogens (tertiary/aromatic N) is 4. The molecule has 0 saturated heterocycles. The fourth-order valence-electron chi connectivity index (χ4n) is 5.32. The van der Waals surface area contributed by atoms with Crippen molar-refractivity contribution in [1.29, 1.82) is 0 Å². The SMILES string of the molecule is C=C/C(=C\C=C\C1=CC(c2cc3ccccc3s2)CC(C2=[N+]=C(c3ccccc3)SC(c3ccccc3)=N2)=C1)c1ncccn1. The first kappa shape index (κ1) is 28.6. The highest BCUT2D eigenvalue weighted by molar-refractivity contribution is 8.27. The maximum absolute atomic E-state index is 5.17. The molecule has 45 heavy (non-hydrogen) atoms. The number of hydrogen-bond donors (Lipinski definition) is 0. The van der Waals surface area contributed by atoms with E-state index in [1.54, 1.807) is 30.2 Å². The van der Waals surface area contributed by atoms with Gasteiger partial charge in [-0.2, -0.15) is 4.67 Å². The Kier molecular flexibility index (Phi) is 8.43. The molecule has 3 heterocycles. The van der Waals surface area contributed by atoms with Crippen molar-refractivity contribution in [3.63, 3.8) is 0 Å². The van der Waals surface area contributed by atoms with E-state index < -0.39 is 0 Å². The molecule has 6 heteroatoms. The van der Waals surface area contributed by atoms with Gasteiger partial charge in [0.2, 0.25) is 5.04 Å². The number of fused-ring (bicyclic) bond motifs is 1. The first-order valence-electron chi connectivity index (χ1n) is 14.8. The van der Waals surface area contributed by atoms with Crippen LogP contribution in [0.5, 0.6) is 0 Å². The van der Waals surface area contributed by atoms with E-state index in [2.05, 4.69) is 114 Å². The number of rotatable bonds is 8. The largest absolute Gasteiger partial charge is 0.420 e. The third kappa shape index (κ3) is 6.54. The van der Waals surface area contributed by atoms with E-state index in [1.165, 1.54) is 15.0 Å². The summed E-state index contributed by atoms with van der Waals surface area (Å²) < 4.78 is 6.47. The summed E-state index contributed by atoms with van der Waals surface area (Å²) in [5.74, 6) is 1.60. The number of hydrogen-bond acceptors (Lipinski definition) is 5. The summed E-state index contributed by atoms with van der Waals surface area (Å²) in [7, 11) is 0. The van der Waals surface area contributed by atoms with Gasteiger partial charge in [0, 0.05) is 56.4 Å². The lowest BCUT2D eigenvalue weighted by atomic mass is 9.88. The van der Waals surface area contributed by atoms with Gasteiger partial charge in [0.15, 0.2) is 5.82 Å². The number of thiophene rings is 1. The second kappa shape index (κ2) is 13.2. The summed E-state index contributed by atoms with van der Waals surface area (Å²) in [6, 6.07) is 33.5. The van der Waals surface area contributed by atoms with E-state index >= 15 is 0 Å². The van der Waals surface area contributed by atoms with Crippen LogP contribution >= 0.6 is 23.1 Å². The molecular formula is C39H29N4S2+. The van der Waals surface area contributed by atoms with Gasteiger partial charge in [-0.25, -0.2) is 9.97 Å². The smallest absolute Gasteiger partial charge is 0.237 e. The first-order valence-corrected chi connectivity index (χ1v) is 16.4. The average Bonchev–Trinajstić information content (AvgIpc) is 3.56. The highest BCUT2D eigenvalue weighted by Gasteiger charge is 2.32. The maximum Gasteiger partial charge on any atom is 0.420 e. The number of amidine groups is 1. The molecule has 2 aliphatic rings. The predicted octanol–water partition coefficient (Wildman–Crippen LogP) is 8.96. The zero-order valence-corrected chi connectivity index (χ0v) is 26.1. The minimum atomic E-state index is 0.190. The van der Waals surface area contributed by atoms with Gasteiger partial charge in [0.1, 0.15) is 0 Å². The van der Waals surface area contributed by atoms with Gasteiger partial charge in [-0.3, -0.25) is 0 Å². The van der Waals surface area contributed by atoms with Crippen molar-refractivity contribution in [2.75, 3.05) is 0 Å². The van der Waals surface area contributed by atoms with E-state index in [9.17, 15) is 0 Å². The van der Waals surface area contributed by atoms with Crippen LogP contribution in [-0.4, -0.2) is 25.9 Å². The molecule has 0 bridgehead atoms. The van der Waals surface area contributed by atoms with Crippen LogP contribution in [0.2, 0.25) is 0 Å². The van der Waals surface area contributed by atoms with E-state index in [4.69, 9.17) is 9.66 Å². The van der Waals surface area contributed by atoms with Gasteiger partial charge in [0.05, 0.1) is 5.57 Å². The molecule has 0 fully saturated rings. The Morgan fingerprint density at radius 2 is 1.60 bits per heavy atom. The Morgan fingerprint density at radius 3 is 2.36 bits per heavy atom. The minimum Gasteiger partial charge on any atom is -0.237 e. The second-order valence-electron chi connectivity index (χ2n) is 10.6. The maximum atomic E-state index is 5.17. The quantitative estimate of drug-likeness (QED) is 0.129. The Morgan fingerprint density at radius 1 is 0.867 bits per heavy atom. The lowest BCUT2D eigenvalue weighted by Gasteiger charge is -2.17. The molecule has 1 aliphatic heterocycles. The highest BCUT2D eigenvalue weighted by Crippen LogP contribution is 2.39. The molecule has 1 unspecified atom stereocenters. The molecule has 0 amide bonds. The topological polar surface area (TPSA) is 52.2 Å². The van der Waals surface area contributed by atoms with Crippen molar-refractivity contribution in [3.05, 3.63) is 185 Å². The Balaban J connectivity index is 1.32. The molecule has 216 valence electrons. The molecule has 5 aromatic rings. The zero-order chi connectivity index (χ0) is 30.4. The fourth-order valence-corrected chi connectivity index (χ4v) is 7.40. The van der Waals surface area contributed by atoms with Gasteiger partial charge in [-0.1, -0.05) is 91.6 Å². The molecular weight excluding hydrogens is 589 g/mol. The normalized spacial score (nSPS) is 16.9. The van der Waals surface area contributed by atoms with Crippen molar-refractivity contribution >= 4 is 54.7 Å². The van der Waals surface area contributed by atoms with Gasteiger partial charge in [0.25, 0.3) is 5.04 Å². The number of allylic oxidation sites excluding steroid dienone is 8. The van der Waals surface area contributed by atoms with Crippen LogP contribution < -0.4 is 4.67 Å². The monoisotopic (exact) mass is 617 g/mol. The Hall–Kier alpha value is -5.13. The number of aliphatic imine (C=N–C) groups is 1. The molecule has 7 rings (SSSR count). The molecule has 0 N–H and O–H groups in total. The summed E-state index contributed by atoms with van der Waals surface area (Å²) in [5.41, 5.74) is 5.25. The fraction of sp³-hybridized carbons (Fsp3) is 0.0513. The summed E-state index contributed by atoms with van der Waals surface area (Å²) in [6.07, 6.45) is 16.8. The summed E-state index contributed by atoms with van der Waals surface area (Å²) in [6.45, 7) is 3.97. The summed E-state index contributed by atoms with van der Waals surface area (Å²) in [5, 5.41) is 3.18. The van der Waals surface area contributed by atoms with Gasteiger partial charge in [-0.15, -0.1) is 11.3 Å². The summed E-state index contributed by atoms with van der Waals surface area (Å²) >= 11 is 3.48. The van der Waals surface area contributed by atoms with Crippen LogP contribution in [0.1, 0.15) is 34.2 Å². The van der Waals surface area contributed by atoms with Crippen molar-refractivity contribution in [1.82, 2.24) is 14.6 Å². The second-order valence-corrected chi connectivity index (χ2v) is 12.7. The van der Waals surface area contributed by atoms with Crippen LogP contribution in [-0.2, 0) is 0 Å². The van der Waals surface area contributed by atoms with Crippen LogP contribution in [0.15, 0.2) is 169 Å². The zero-order valence-electron chi connectivity index (χ0n) is 24.5. The van der Waals surface area contributed by atoms with Crippen LogP contribution in [0.3, 0.4) is 0 Å². The van der Waals surface area contributed by atoms with Crippen molar-refractivity contribution in [2.45, 2.75) is 12.3 Å². The average molecular weight is 618 g/mol. The lowest BCUT2D eigenvalue weighted by molar-refractivity contribution is 0.846. The van der Waals surface area contributed by atoms with E-state index in [0.29, 0.717) is 5.82 Å². The van der Waals surface area contributed by atoms with Gasteiger partial charge < -0.3 is 0 Å². The number of aromatic nitrogens is 2. The third-order valence-corrected chi connectivity index (χ3v) is 9.82. The van der Waals surface area contributed by atoms with Gasteiger partial charge in [-0.05, 0) is 70.9 Å². The summed E-state index contributed by atoms with van der Waals surface area (Å²) in [4.78, 5) is 15.3. The van der Waals surface area contributed by atoms with Crippen molar-refractivity contribution in [2.24, 2.45) is 4.99 Å². The number of thioether (sulfide) groups is 1. The Labute approximate surface area is 271 Å². The molecule has 4 nitrogen and oxygen atoms in total. The molecule has 1 atom stereocenters. The molecule has 0 saturated carbocycles. The third-order valence-electron chi connectivity index (χ3n) is 7.53. The van der Waals surface area contributed by atoms with Crippen molar-refractivity contribution < 1.29 is 0 Å². The molecule has 0 spiro atoms. The molecule has 3 aromatic carbocycles. The van der Waals surface area contributed by atoms with Crippen LogP contribution in [0.25, 0.3) is 15.7 Å². The van der Waals surface area contributed by atoms with E-state index in [-0.39, 0.29) is 5.92 Å². The highest BCUT2D eigenvalue weighted by atomic mass is 32.2. The standard InChI is InChI=1S/C39H29N4S2/c1-2-28(36-40-21-12-22-41-36)19-11-13-27-23-32(35-26-31-18-9-10-20-34(31)44-35)25-33(24-27)37-42-38(29-14-5-3-6-15-29)45-39(43-37)30-16-7-4-8-17-30/h2-24,26,32H,1,25H2/q+1/b13-11+,28-19+. The first-order chi connectivity index (χ1) is 22.2.